The maximum Gasteiger partial charge on any atom is 0.264 e. The molecule has 0 atom stereocenters. The zero-order chi connectivity index (χ0) is 21.2. The van der Waals surface area contributed by atoms with Gasteiger partial charge in [0.1, 0.15) is 6.54 Å². The Balaban J connectivity index is 1.96. The average Bonchev–Trinajstić information content (AvgIpc) is 2.69. The lowest BCUT2D eigenvalue weighted by Crippen LogP contribution is -2.45. The maximum atomic E-state index is 13.4. The first-order chi connectivity index (χ1) is 13.7. The summed E-state index contributed by atoms with van der Waals surface area (Å²) >= 11 is 12.1. The van der Waals surface area contributed by atoms with Gasteiger partial charge in [-0.05, 0) is 56.0 Å². The summed E-state index contributed by atoms with van der Waals surface area (Å²) in [6, 6.07) is 11.1. The molecule has 1 aliphatic rings. The molecule has 1 fully saturated rings. The van der Waals surface area contributed by atoms with Crippen molar-refractivity contribution in [1.82, 2.24) is 4.90 Å². The van der Waals surface area contributed by atoms with Crippen molar-refractivity contribution in [2.24, 2.45) is 5.92 Å². The number of nitrogens with zero attached hydrogens (tertiary/aromatic N) is 2. The van der Waals surface area contributed by atoms with Crippen LogP contribution in [0.2, 0.25) is 10.0 Å². The monoisotopic (exact) mass is 454 g/mol. The molecule has 3 rings (SSSR count). The van der Waals surface area contributed by atoms with Crippen LogP contribution >= 0.6 is 23.2 Å². The van der Waals surface area contributed by atoms with E-state index < -0.39 is 10.0 Å². The molecule has 0 radical (unpaired) electrons. The normalized spacial score (nSPS) is 15.4. The predicted octanol–water partition coefficient (Wildman–Crippen LogP) is 4.76. The Hall–Kier alpha value is -1.76. The quantitative estimate of drug-likeness (QED) is 0.654. The fourth-order valence-corrected chi connectivity index (χ4v) is 4.97. The second-order valence-corrected chi connectivity index (χ2v) is 10.2. The SMILES string of the molecule is Cc1ccc(S(=O)(=O)N(CC(=O)N2CCC(C)CC2)c2ccc(Cl)c(Cl)c2)cc1. The number of piperidine rings is 1. The number of amides is 1. The Bertz CT molecular complexity index is 985. The minimum atomic E-state index is -3.96. The minimum absolute atomic E-state index is 0.120. The summed E-state index contributed by atoms with van der Waals surface area (Å²) in [5.41, 5.74) is 1.25. The highest BCUT2D eigenvalue weighted by Gasteiger charge is 2.30. The lowest BCUT2D eigenvalue weighted by Gasteiger charge is -2.32. The van der Waals surface area contributed by atoms with Gasteiger partial charge in [0.05, 0.1) is 20.6 Å². The van der Waals surface area contributed by atoms with Gasteiger partial charge < -0.3 is 4.90 Å². The largest absolute Gasteiger partial charge is 0.341 e. The third-order valence-corrected chi connectivity index (χ3v) is 7.74. The molecule has 0 aliphatic carbocycles. The first-order valence-electron chi connectivity index (χ1n) is 9.50. The van der Waals surface area contributed by atoms with Crippen molar-refractivity contribution in [1.29, 1.82) is 0 Å². The van der Waals surface area contributed by atoms with Crippen molar-refractivity contribution in [3.05, 3.63) is 58.1 Å². The van der Waals surface area contributed by atoms with E-state index in [2.05, 4.69) is 6.92 Å². The van der Waals surface area contributed by atoms with E-state index in [4.69, 9.17) is 23.2 Å². The summed E-state index contributed by atoms with van der Waals surface area (Å²) in [5, 5.41) is 0.548. The second kappa shape index (κ2) is 8.94. The summed E-state index contributed by atoms with van der Waals surface area (Å²) in [6.45, 7) is 5.03. The van der Waals surface area contributed by atoms with Crippen molar-refractivity contribution >= 4 is 44.8 Å². The van der Waals surface area contributed by atoms with E-state index in [0.29, 0.717) is 29.7 Å². The number of sulfonamides is 1. The lowest BCUT2D eigenvalue weighted by molar-refractivity contribution is -0.130. The molecular formula is C21H24Cl2N2O3S. The minimum Gasteiger partial charge on any atom is -0.341 e. The molecule has 1 aliphatic heterocycles. The van der Waals surface area contributed by atoms with Gasteiger partial charge >= 0.3 is 0 Å². The first-order valence-corrected chi connectivity index (χ1v) is 11.7. The standard InChI is InChI=1S/C21H24Cl2N2O3S/c1-15-3-6-18(7-4-15)29(27,28)25(17-5-8-19(22)20(23)13-17)14-21(26)24-11-9-16(2)10-12-24/h3-8,13,16H,9-12,14H2,1-2H3. The molecule has 5 nitrogen and oxygen atoms in total. The van der Waals surface area contributed by atoms with Gasteiger partial charge in [-0.15, -0.1) is 0 Å². The molecule has 1 amide bonds. The van der Waals surface area contributed by atoms with E-state index in [-0.39, 0.29) is 22.4 Å². The van der Waals surface area contributed by atoms with Crippen molar-refractivity contribution in [2.75, 3.05) is 23.9 Å². The highest BCUT2D eigenvalue weighted by molar-refractivity contribution is 7.92. The number of carbonyl (C=O) groups is 1. The number of anilines is 1. The van der Waals surface area contributed by atoms with E-state index in [1.54, 1.807) is 35.2 Å². The van der Waals surface area contributed by atoms with E-state index in [1.165, 1.54) is 12.1 Å². The van der Waals surface area contributed by atoms with Crippen LogP contribution in [0.1, 0.15) is 25.3 Å². The first kappa shape index (κ1) is 21.9. The number of halogens is 2. The third kappa shape index (κ3) is 5.05. The van der Waals surface area contributed by atoms with Crippen LogP contribution in [0.3, 0.4) is 0 Å². The molecule has 0 bridgehead atoms. The number of aryl methyl sites for hydroxylation is 1. The molecule has 29 heavy (non-hydrogen) atoms. The molecule has 0 saturated carbocycles. The van der Waals surface area contributed by atoms with Crippen LogP contribution in [0, 0.1) is 12.8 Å². The lowest BCUT2D eigenvalue weighted by atomic mass is 9.99. The van der Waals surface area contributed by atoms with Crippen molar-refractivity contribution < 1.29 is 13.2 Å². The second-order valence-electron chi connectivity index (χ2n) is 7.49. The van der Waals surface area contributed by atoms with Crippen LogP contribution in [-0.2, 0) is 14.8 Å². The molecule has 0 spiro atoms. The Morgan fingerprint density at radius 3 is 2.28 bits per heavy atom. The zero-order valence-corrected chi connectivity index (χ0v) is 18.8. The van der Waals surface area contributed by atoms with Crippen LogP contribution in [0.25, 0.3) is 0 Å². The van der Waals surface area contributed by atoms with Gasteiger partial charge in [-0.25, -0.2) is 8.42 Å². The molecule has 0 unspecified atom stereocenters. The molecule has 0 aromatic heterocycles. The number of carbonyl (C=O) groups excluding carboxylic acids is 1. The van der Waals surface area contributed by atoms with Gasteiger partial charge in [0.2, 0.25) is 5.91 Å². The highest BCUT2D eigenvalue weighted by Crippen LogP contribution is 2.31. The Labute approximate surface area is 182 Å². The smallest absolute Gasteiger partial charge is 0.264 e. The molecule has 2 aromatic rings. The summed E-state index contributed by atoms with van der Waals surface area (Å²) in [7, 11) is -3.96. The number of hydrogen-bond acceptors (Lipinski definition) is 3. The average molecular weight is 455 g/mol. The fraction of sp³-hybridized carbons (Fsp3) is 0.381. The van der Waals surface area contributed by atoms with Crippen molar-refractivity contribution in [3.63, 3.8) is 0 Å². The highest BCUT2D eigenvalue weighted by atomic mass is 35.5. The van der Waals surface area contributed by atoms with E-state index in [0.717, 1.165) is 22.7 Å². The molecule has 2 aromatic carbocycles. The van der Waals surface area contributed by atoms with Crippen molar-refractivity contribution in [2.45, 2.75) is 31.6 Å². The van der Waals surface area contributed by atoms with E-state index in [1.807, 2.05) is 6.92 Å². The summed E-state index contributed by atoms with van der Waals surface area (Å²) in [4.78, 5) is 14.8. The van der Waals surface area contributed by atoms with Gasteiger partial charge in [0.15, 0.2) is 0 Å². The summed E-state index contributed by atoms with van der Waals surface area (Å²) in [5.74, 6) is 0.347. The summed E-state index contributed by atoms with van der Waals surface area (Å²) in [6.07, 6.45) is 1.84. The van der Waals surface area contributed by atoms with Gasteiger partial charge in [0, 0.05) is 13.1 Å². The number of likely N-dealkylation sites (tertiary alicyclic amines) is 1. The van der Waals surface area contributed by atoms with Gasteiger partial charge in [-0.1, -0.05) is 47.8 Å². The van der Waals surface area contributed by atoms with Gasteiger partial charge in [0.25, 0.3) is 10.0 Å². The van der Waals surface area contributed by atoms with Crippen LogP contribution < -0.4 is 4.31 Å². The molecule has 156 valence electrons. The number of rotatable bonds is 5. The van der Waals surface area contributed by atoms with E-state index >= 15 is 0 Å². The van der Waals surface area contributed by atoms with Crippen molar-refractivity contribution in [3.8, 4) is 0 Å². The number of benzene rings is 2. The molecule has 0 N–H and O–H groups in total. The Kier molecular flexibility index (Phi) is 6.76. The molecular weight excluding hydrogens is 431 g/mol. The van der Waals surface area contributed by atoms with Crippen LogP contribution in [0.5, 0.6) is 0 Å². The molecule has 8 heteroatoms. The third-order valence-electron chi connectivity index (χ3n) is 5.22. The maximum absolute atomic E-state index is 13.4. The Morgan fingerprint density at radius 2 is 1.69 bits per heavy atom. The van der Waals surface area contributed by atoms with Gasteiger partial charge in [-0.2, -0.15) is 0 Å². The van der Waals surface area contributed by atoms with Crippen LogP contribution in [-0.4, -0.2) is 38.9 Å². The topological polar surface area (TPSA) is 57.7 Å². The zero-order valence-electron chi connectivity index (χ0n) is 16.4. The van der Waals surface area contributed by atoms with Crippen LogP contribution in [0.15, 0.2) is 47.4 Å². The molecule has 1 heterocycles. The molecule has 1 saturated heterocycles. The van der Waals surface area contributed by atoms with Gasteiger partial charge in [-0.3, -0.25) is 9.10 Å². The summed E-state index contributed by atoms with van der Waals surface area (Å²) < 4.78 is 27.9. The van der Waals surface area contributed by atoms with E-state index in [9.17, 15) is 13.2 Å². The fourth-order valence-electron chi connectivity index (χ4n) is 3.27. The number of hydrogen-bond donors (Lipinski definition) is 0. The predicted molar refractivity (Wildman–Crippen MR) is 117 cm³/mol. The Morgan fingerprint density at radius 1 is 1.07 bits per heavy atom. The van der Waals surface area contributed by atoms with Crippen LogP contribution in [0.4, 0.5) is 5.69 Å².